The topological polar surface area (TPSA) is 86.0 Å². The molecule has 0 aliphatic rings. The van der Waals surface area contributed by atoms with Gasteiger partial charge in [0.05, 0.1) is 12.8 Å². The Bertz CT molecular complexity index is 519. The van der Waals surface area contributed by atoms with E-state index in [1.165, 1.54) is 7.11 Å². The predicted octanol–water partition coefficient (Wildman–Crippen LogP) is 1.20. The van der Waals surface area contributed by atoms with Crippen molar-refractivity contribution in [2.24, 2.45) is 5.84 Å². The van der Waals surface area contributed by atoms with Crippen LogP contribution in [0.5, 0.6) is 5.88 Å². The Morgan fingerprint density at radius 1 is 1.28 bits per heavy atom. The Kier molecular flexibility index (Phi) is 4.19. The largest absolute Gasteiger partial charge is 0.480 e. The van der Waals surface area contributed by atoms with Crippen LogP contribution in [-0.2, 0) is 0 Å². The maximum atomic E-state index is 5.57. The lowest BCUT2D eigenvalue weighted by Crippen LogP contribution is -2.30. The summed E-state index contributed by atoms with van der Waals surface area (Å²) in [6, 6.07) is 3.36. The number of hydrazine groups is 1. The number of aromatic nitrogens is 3. The van der Waals surface area contributed by atoms with Gasteiger partial charge >= 0.3 is 0 Å². The van der Waals surface area contributed by atoms with Crippen LogP contribution in [0.25, 0.3) is 0 Å². The number of methoxy groups -OCH3 is 1. The second kappa shape index (κ2) is 5.85. The van der Waals surface area contributed by atoms with Gasteiger partial charge in [0.15, 0.2) is 0 Å². The molecule has 2 heterocycles. The van der Waals surface area contributed by atoms with Gasteiger partial charge in [0.1, 0.15) is 11.7 Å². The van der Waals surface area contributed by atoms with Crippen molar-refractivity contribution in [3.63, 3.8) is 0 Å². The van der Waals surface area contributed by atoms with Gasteiger partial charge < -0.3 is 4.74 Å². The van der Waals surface area contributed by atoms with Crippen LogP contribution < -0.4 is 16.0 Å². The smallest absolute Gasteiger partial charge is 0.237 e. The highest BCUT2D eigenvalue weighted by Gasteiger charge is 2.20. The highest BCUT2D eigenvalue weighted by Crippen LogP contribution is 2.24. The highest BCUT2D eigenvalue weighted by atomic mass is 79.9. The zero-order valence-electron chi connectivity index (χ0n) is 9.67. The molecule has 3 N–H and O–H groups in total. The maximum absolute atomic E-state index is 5.57. The van der Waals surface area contributed by atoms with Crippen LogP contribution in [0.4, 0.5) is 0 Å². The SMILES string of the molecule is COc1nccnc1C(NN)c1ccc(Br)cn1. The van der Waals surface area contributed by atoms with Crippen molar-refractivity contribution >= 4 is 15.9 Å². The molecule has 0 aliphatic heterocycles. The van der Waals surface area contributed by atoms with Gasteiger partial charge in [0, 0.05) is 23.1 Å². The monoisotopic (exact) mass is 309 g/mol. The van der Waals surface area contributed by atoms with Crippen LogP contribution in [0.1, 0.15) is 17.4 Å². The van der Waals surface area contributed by atoms with Crippen LogP contribution in [0.2, 0.25) is 0 Å². The van der Waals surface area contributed by atoms with Crippen molar-refractivity contribution in [3.8, 4) is 5.88 Å². The maximum Gasteiger partial charge on any atom is 0.237 e. The summed E-state index contributed by atoms with van der Waals surface area (Å²) in [4.78, 5) is 12.6. The van der Waals surface area contributed by atoms with Crippen molar-refractivity contribution < 1.29 is 4.74 Å². The molecule has 2 aromatic rings. The van der Waals surface area contributed by atoms with E-state index in [4.69, 9.17) is 10.6 Å². The molecule has 0 fully saturated rings. The Balaban J connectivity index is 2.41. The number of nitrogens with two attached hydrogens (primary N) is 1. The van der Waals surface area contributed by atoms with Gasteiger partial charge in [0.25, 0.3) is 0 Å². The molecular formula is C11H12BrN5O. The predicted molar refractivity (Wildman–Crippen MR) is 69.7 cm³/mol. The van der Waals surface area contributed by atoms with Gasteiger partial charge in [-0.25, -0.2) is 10.4 Å². The minimum Gasteiger partial charge on any atom is -0.480 e. The van der Waals surface area contributed by atoms with E-state index >= 15 is 0 Å². The molecule has 0 saturated heterocycles. The molecule has 2 aromatic heterocycles. The normalized spacial score (nSPS) is 12.2. The number of pyridine rings is 1. The van der Waals surface area contributed by atoms with Crippen molar-refractivity contribution in [1.82, 2.24) is 20.4 Å². The molecule has 0 spiro atoms. The summed E-state index contributed by atoms with van der Waals surface area (Å²) in [6.45, 7) is 0. The van der Waals surface area contributed by atoms with Crippen LogP contribution in [0, 0.1) is 0 Å². The molecule has 0 aliphatic carbocycles. The van der Waals surface area contributed by atoms with Gasteiger partial charge in [-0.3, -0.25) is 15.8 Å². The number of ether oxygens (including phenoxy) is 1. The number of nitrogens with zero attached hydrogens (tertiary/aromatic N) is 3. The second-order valence-electron chi connectivity index (χ2n) is 3.45. The third-order valence-electron chi connectivity index (χ3n) is 2.37. The standard InChI is InChI=1S/C11H12BrN5O/c1-18-11-10(14-4-5-15-11)9(17-13)8-3-2-7(12)6-16-8/h2-6,9,17H,13H2,1H3. The molecular weight excluding hydrogens is 298 g/mol. The van der Waals surface area contributed by atoms with Crippen molar-refractivity contribution in [1.29, 1.82) is 0 Å². The van der Waals surface area contributed by atoms with E-state index in [0.29, 0.717) is 11.6 Å². The van der Waals surface area contributed by atoms with Gasteiger partial charge in [-0.05, 0) is 28.1 Å². The van der Waals surface area contributed by atoms with E-state index in [2.05, 4.69) is 36.3 Å². The van der Waals surface area contributed by atoms with Crippen LogP contribution >= 0.6 is 15.9 Å². The minimum atomic E-state index is -0.373. The summed E-state index contributed by atoms with van der Waals surface area (Å²) in [7, 11) is 1.54. The fraction of sp³-hybridized carbons (Fsp3) is 0.182. The van der Waals surface area contributed by atoms with Crippen molar-refractivity contribution in [2.45, 2.75) is 6.04 Å². The average Bonchev–Trinajstić information content (AvgIpc) is 2.42. The van der Waals surface area contributed by atoms with Crippen LogP contribution in [0.3, 0.4) is 0 Å². The summed E-state index contributed by atoms with van der Waals surface area (Å²) >= 11 is 3.33. The molecule has 0 aromatic carbocycles. The van der Waals surface area contributed by atoms with Gasteiger partial charge in [-0.15, -0.1) is 0 Å². The molecule has 2 rings (SSSR count). The number of hydrogen-bond acceptors (Lipinski definition) is 6. The first-order valence-electron chi connectivity index (χ1n) is 5.18. The number of halogens is 1. The molecule has 18 heavy (non-hydrogen) atoms. The molecule has 0 saturated carbocycles. The number of rotatable bonds is 4. The first-order valence-corrected chi connectivity index (χ1v) is 5.98. The van der Waals surface area contributed by atoms with E-state index < -0.39 is 0 Å². The van der Waals surface area contributed by atoms with Crippen molar-refractivity contribution in [2.75, 3.05) is 7.11 Å². The lowest BCUT2D eigenvalue weighted by Gasteiger charge is -2.16. The fourth-order valence-electron chi connectivity index (χ4n) is 1.55. The number of hydrogen-bond donors (Lipinski definition) is 2. The lowest BCUT2D eigenvalue weighted by molar-refractivity contribution is 0.382. The quantitative estimate of drug-likeness (QED) is 0.652. The highest BCUT2D eigenvalue weighted by molar-refractivity contribution is 9.10. The summed E-state index contributed by atoms with van der Waals surface area (Å²) in [6.07, 6.45) is 4.84. The molecule has 1 atom stereocenters. The first kappa shape index (κ1) is 12.9. The van der Waals surface area contributed by atoms with E-state index in [1.54, 1.807) is 18.6 Å². The molecule has 1 unspecified atom stereocenters. The van der Waals surface area contributed by atoms with Crippen LogP contribution in [-0.4, -0.2) is 22.1 Å². The fourth-order valence-corrected chi connectivity index (χ4v) is 1.79. The van der Waals surface area contributed by atoms with E-state index in [0.717, 1.165) is 10.2 Å². The zero-order chi connectivity index (χ0) is 13.0. The van der Waals surface area contributed by atoms with E-state index in [1.807, 2.05) is 12.1 Å². The van der Waals surface area contributed by atoms with E-state index in [9.17, 15) is 0 Å². The Morgan fingerprint density at radius 2 is 2.06 bits per heavy atom. The summed E-state index contributed by atoms with van der Waals surface area (Å²) in [5.74, 6) is 5.99. The molecule has 0 bridgehead atoms. The molecule has 94 valence electrons. The number of nitrogens with one attached hydrogen (secondary N) is 1. The third kappa shape index (κ3) is 2.63. The van der Waals surface area contributed by atoms with Gasteiger partial charge in [-0.2, -0.15) is 0 Å². The van der Waals surface area contributed by atoms with Crippen LogP contribution in [0.15, 0.2) is 35.2 Å². The summed E-state index contributed by atoms with van der Waals surface area (Å²) < 4.78 is 6.06. The molecule has 0 radical (unpaired) electrons. The van der Waals surface area contributed by atoms with E-state index in [-0.39, 0.29) is 6.04 Å². The van der Waals surface area contributed by atoms with Crippen molar-refractivity contribution in [3.05, 3.63) is 46.6 Å². The third-order valence-corrected chi connectivity index (χ3v) is 2.84. The average molecular weight is 310 g/mol. The molecule has 0 amide bonds. The Hall–Kier alpha value is -1.57. The Labute approximate surface area is 113 Å². The zero-order valence-corrected chi connectivity index (χ0v) is 11.3. The Morgan fingerprint density at radius 3 is 2.67 bits per heavy atom. The molecule has 7 heteroatoms. The van der Waals surface area contributed by atoms with Gasteiger partial charge in [0.2, 0.25) is 5.88 Å². The molecule has 6 nitrogen and oxygen atoms in total. The first-order chi connectivity index (χ1) is 8.76. The van der Waals surface area contributed by atoms with Gasteiger partial charge in [-0.1, -0.05) is 0 Å². The second-order valence-corrected chi connectivity index (χ2v) is 4.37. The summed E-state index contributed by atoms with van der Waals surface area (Å²) in [5, 5.41) is 0. The summed E-state index contributed by atoms with van der Waals surface area (Å²) in [5.41, 5.74) is 4.00. The minimum absolute atomic E-state index is 0.373. The lowest BCUT2D eigenvalue weighted by atomic mass is 10.1.